The summed E-state index contributed by atoms with van der Waals surface area (Å²) in [5.41, 5.74) is 1.44. The first-order valence-corrected chi connectivity index (χ1v) is 7.23. The van der Waals surface area contributed by atoms with Crippen molar-refractivity contribution in [2.24, 2.45) is 0 Å². The minimum atomic E-state index is -0.148. The van der Waals surface area contributed by atoms with Crippen molar-refractivity contribution in [2.45, 2.75) is 6.10 Å². The number of carbonyl (C=O) groups is 1. The maximum atomic E-state index is 11.2. The van der Waals surface area contributed by atoms with Gasteiger partial charge in [-0.3, -0.25) is 4.79 Å². The highest BCUT2D eigenvalue weighted by Crippen LogP contribution is 2.33. The molecular weight excluding hydrogens is 280 g/mol. The standard InChI is InChI=1S/C17H18N2O3/c1-21-17-13(12-20)5-4-6-14(17)15-11-19(9-10-22-15)16-7-2-3-8-18-16/h2-8,12,15H,9-11H2,1H3. The molecule has 1 aliphatic heterocycles. The van der Waals surface area contributed by atoms with Crippen LogP contribution in [0.1, 0.15) is 22.0 Å². The molecule has 0 aliphatic carbocycles. The van der Waals surface area contributed by atoms with E-state index in [-0.39, 0.29) is 6.10 Å². The molecule has 2 aromatic rings. The second-order valence-electron chi connectivity index (χ2n) is 5.08. The number of carbonyl (C=O) groups excluding carboxylic acids is 1. The van der Waals surface area contributed by atoms with E-state index in [0.29, 0.717) is 24.5 Å². The van der Waals surface area contributed by atoms with Crippen molar-refractivity contribution in [1.82, 2.24) is 4.98 Å². The van der Waals surface area contributed by atoms with E-state index >= 15 is 0 Å². The van der Waals surface area contributed by atoms with E-state index in [9.17, 15) is 4.79 Å². The van der Waals surface area contributed by atoms with Gasteiger partial charge in [0.25, 0.3) is 0 Å². The van der Waals surface area contributed by atoms with Gasteiger partial charge in [-0.2, -0.15) is 0 Å². The number of para-hydroxylation sites is 1. The van der Waals surface area contributed by atoms with Gasteiger partial charge in [0.15, 0.2) is 6.29 Å². The zero-order valence-corrected chi connectivity index (χ0v) is 12.4. The summed E-state index contributed by atoms with van der Waals surface area (Å²) in [6.07, 6.45) is 2.44. The predicted molar refractivity (Wildman–Crippen MR) is 83.5 cm³/mol. The third-order valence-corrected chi connectivity index (χ3v) is 3.79. The monoisotopic (exact) mass is 298 g/mol. The Morgan fingerprint density at radius 1 is 1.32 bits per heavy atom. The summed E-state index contributed by atoms with van der Waals surface area (Å²) >= 11 is 0. The predicted octanol–water partition coefficient (Wildman–Crippen LogP) is 2.48. The van der Waals surface area contributed by atoms with E-state index in [4.69, 9.17) is 9.47 Å². The van der Waals surface area contributed by atoms with Crippen LogP contribution in [0.15, 0.2) is 42.6 Å². The molecule has 0 radical (unpaired) electrons. The van der Waals surface area contributed by atoms with Crippen LogP contribution in [0.3, 0.4) is 0 Å². The van der Waals surface area contributed by atoms with Crippen molar-refractivity contribution in [1.29, 1.82) is 0 Å². The molecule has 0 amide bonds. The molecule has 0 spiro atoms. The summed E-state index contributed by atoms with van der Waals surface area (Å²) in [5, 5.41) is 0. The van der Waals surface area contributed by atoms with Gasteiger partial charge in [-0.05, 0) is 18.2 Å². The van der Waals surface area contributed by atoms with E-state index in [1.54, 1.807) is 19.4 Å². The fourth-order valence-corrected chi connectivity index (χ4v) is 2.74. The van der Waals surface area contributed by atoms with E-state index in [0.717, 1.165) is 24.2 Å². The van der Waals surface area contributed by atoms with Crippen LogP contribution >= 0.6 is 0 Å². The van der Waals surface area contributed by atoms with Crippen LogP contribution in [-0.2, 0) is 4.74 Å². The zero-order chi connectivity index (χ0) is 15.4. The number of nitrogens with zero attached hydrogens (tertiary/aromatic N) is 2. The molecule has 2 heterocycles. The number of ether oxygens (including phenoxy) is 2. The third kappa shape index (κ3) is 2.80. The third-order valence-electron chi connectivity index (χ3n) is 3.79. The van der Waals surface area contributed by atoms with Crippen molar-refractivity contribution >= 4 is 12.1 Å². The van der Waals surface area contributed by atoms with Gasteiger partial charge in [-0.25, -0.2) is 4.98 Å². The molecule has 0 saturated carbocycles. The maximum absolute atomic E-state index is 11.2. The molecule has 1 atom stereocenters. The number of benzene rings is 1. The number of hydrogen-bond acceptors (Lipinski definition) is 5. The summed E-state index contributed by atoms with van der Waals surface area (Å²) in [6.45, 7) is 2.08. The van der Waals surface area contributed by atoms with Crippen LogP contribution in [0.2, 0.25) is 0 Å². The highest BCUT2D eigenvalue weighted by Gasteiger charge is 2.26. The number of anilines is 1. The quantitative estimate of drug-likeness (QED) is 0.812. The number of aromatic nitrogens is 1. The Balaban J connectivity index is 1.88. The average molecular weight is 298 g/mol. The van der Waals surface area contributed by atoms with Crippen LogP contribution < -0.4 is 9.64 Å². The second kappa shape index (κ2) is 6.58. The minimum absolute atomic E-state index is 0.148. The normalized spacial score (nSPS) is 18.0. The van der Waals surface area contributed by atoms with Crippen molar-refractivity contribution in [3.8, 4) is 5.75 Å². The molecule has 3 rings (SSSR count). The van der Waals surface area contributed by atoms with Gasteiger partial charge in [0.1, 0.15) is 17.7 Å². The van der Waals surface area contributed by atoms with Gasteiger partial charge >= 0.3 is 0 Å². The number of morpholine rings is 1. The summed E-state index contributed by atoms with van der Waals surface area (Å²) in [4.78, 5) is 17.7. The first-order valence-electron chi connectivity index (χ1n) is 7.23. The smallest absolute Gasteiger partial charge is 0.153 e. The zero-order valence-electron chi connectivity index (χ0n) is 12.4. The largest absolute Gasteiger partial charge is 0.496 e. The number of aldehydes is 1. The molecule has 1 unspecified atom stereocenters. The van der Waals surface area contributed by atoms with Gasteiger partial charge < -0.3 is 14.4 Å². The maximum Gasteiger partial charge on any atom is 0.153 e. The molecular formula is C17H18N2O3. The molecule has 0 bridgehead atoms. The van der Waals surface area contributed by atoms with Crippen molar-refractivity contribution in [3.63, 3.8) is 0 Å². The first kappa shape index (κ1) is 14.5. The Morgan fingerprint density at radius 3 is 2.95 bits per heavy atom. The van der Waals surface area contributed by atoms with Crippen LogP contribution in [0.4, 0.5) is 5.82 Å². The lowest BCUT2D eigenvalue weighted by atomic mass is 10.0. The highest BCUT2D eigenvalue weighted by atomic mass is 16.5. The number of rotatable bonds is 4. The molecule has 1 aromatic heterocycles. The molecule has 1 fully saturated rings. The van der Waals surface area contributed by atoms with Gasteiger partial charge in [0.2, 0.25) is 0 Å². The lowest BCUT2D eigenvalue weighted by Crippen LogP contribution is -2.39. The lowest BCUT2D eigenvalue weighted by Gasteiger charge is -2.34. The molecule has 0 N–H and O–H groups in total. The summed E-state index contributed by atoms with van der Waals surface area (Å²) in [6, 6.07) is 11.4. The van der Waals surface area contributed by atoms with Crippen molar-refractivity contribution in [3.05, 3.63) is 53.7 Å². The van der Waals surface area contributed by atoms with Crippen molar-refractivity contribution < 1.29 is 14.3 Å². The first-order chi connectivity index (χ1) is 10.8. The molecule has 114 valence electrons. The summed E-state index contributed by atoms with van der Waals surface area (Å²) < 4.78 is 11.3. The number of methoxy groups -OCH3 is 1. The fourth-order valence-electron chi connectivity index (χ4n) is 2.74. The Morgan fingerprint density at radius 2 is 2.23 bits per heavy atom. The molecule has 22 heavy (non-hydrogen) atoms. The lowest BCUT2D eigenvalue weighted by molar-refractivity contribution is 0.0379. The Labute approximate surface area is 129 Å². The molecule has 1 aromatic carbocycles. The fraction of sp³-hybridized carbons (Fsp3) is 0.294. The van der Waals surface area contributed by atoms with E-state index in [1.165, 1.54) is 0 Å². The average Bonchev–Trinajstić information content (AvgIpc) is 2.61. The van der Waals surface area contributed by atoms with E-state index < -0.39 is 0 Å². The summed E-state index contributed by atoms with van der Waals surface area (Å²) in [5.74, 6) is 1.52. The molecule has 5 heteroatoms. The topological polar surface area (TPSA) is 51.7 Å². The van der Waals surface area contributed by atoms with Crippen LogP contribution in [-0.4, -0.2) is 38.1 Å². The minimum Gasteiger partial charge on any atom is -0.496 e. The van der Waals surface area contributed by atoms with Crippen LogP contribution in [0, 0.1) is 0 Å². The van der Waals surface area contributed by atoms with Gasteiger partial charge in [0, 0.05) is 18.3 Å². The van der Waals surface area contributed by atoms with Crippen molar-refractivity contribution in [2.75, 3.05) is 31.7 Å². The molecule has 5 nitrogen and oxygen atoms in total. The van der Waals surface area contributed by atoms with E-state index in [1.807, 2.05) is 30.3 Å². The van der Waals surface area contributed by atoms with E-state index in [2.05, 4.69) is 9.88 Å². The van der Waals surface area contributed by atoms with Gasteiger partial charge in [-0.15, -0.1) is 0 Å². The van der Waals surface area contributed by atoms with Gasteiger partial charge in [-0.1, -0.05) is 18.2 Å². The molecule has 1 aliphatic rings. The summed E-state index contributed by atoms with van der Waals surface area (Å²) in [7, 11) is 1.57. The number of hydrogen-bond donors (Lipinski definition) is 0. The SMILES string of the molecule is COc1c(C=O)cccc1C1CN(c2ccccn2)CCO1. The Kier molecular flexibility index (Phi) is 4.34. The van der Waals surface area contributed by atoms with Gasteiger partial charge in [0.05, 0.1) is 25.8 Å². The Hall–Kier alpha value is -2.40. The highest BCUT2D eigenvalue weighted by molar-refractivity contribution is 5.80. The second-order valence-corrected chi connectivity index (χ2v) is 5.08. The number of pyridine rings is 1. The molecule has 1 saturated heterocycles. The Bertz CT molecular complexity index is 646. The van der Waals surface area contributed by atoms with Crippen LogP contribution in [0.5, 0.6) is 5.75 Å². The van der Waals surface area contributed by atoms with Crippen LogP contribution in [0.25, 0.3) is 0 Å².